The van der Waals surface area contributed by atoms with Crippen LogP contribution in [-0.4, -0.2) is 39.8 Å². The Labute approximate surface area is 117 Å². The smallest absolute Gasteiger partial charge is 0.237 e. The van der Waals surface area contributed by atoms with Gasteiger partial charge in [0.2, 0.25) is 5.91 Å². The SMILES string of the molecule is Cc1nnc(CC2NCCNC2=O)n1-c1ccccc1. The van der Waals surface area contributed by atoms with Crippen LogP contribution in [0.25, 0.3) is 5.69 Å². The summed E-state index contributed by atoms with van der Waals surface area (Å²) >= 11 is 0. The Morgan fingerprint density at radius 3 is 2.80 bits per heavy atom. The van der Waals surface area contributed by atoms with Crippen LogP contribution in [0.4, 0.5) is 0 Å². The highest BCUT2D eigenvalue weighted by atomic mass is 16.2. The molecule has 1 aliphatic heterocycles. The fourth-order valence-corrected chi connectivity index (χ4v) is 2.45. The molecule has 0 aliphatic carbocycles. The van der Waals surface area contributed by atoms with Crippen LogP contribution in [0.1, 0.15) is 11.6 Å². The van der Waals surface area contributed by atoms with E-state index in [4.69, 9.17) is 0 Å². The van der Waals surface area contributed by atoms with Gasteiger partial charge in [-0.2, -0.15) is 0 Å². The van der Waals surface area contributed by atoms with Crippen molar-refractivity contribution >= 4 is 5.91 Å². The van der Waals surface area contributed by atoms with Gasteiger partial charge in [0.1, 0.15) is 11.6 Å². The quantitative estimate of drug-likeness (QED) is 0.837. The van der Waals surface area contributed by atoms with Gasteiger partial charge in [-0.1, -0.05) is 18.2 Å². The minimum atomic E-state index is -0.241. The van der Waals surface area contributed by atoms with Gasteiger partial charge in [-0.05, 0) is 19.1 Å². The first-order valence-electron chi connectivity index (χ1n) is 6.73. The lowest BCUT2D eigenvalue weighted by molar-refractivity contribution is -0.124. The Morgan fingerprint density at radius 1 is 1.25 bits per heavy atom. The number of nitrogens with zero attached hydrogens (tertiary/aromatic N) is 3. The third-order valence-corrected chi connectivity index (χ3v) is 3.42. The van der Waals surface area contributed by atoms with E-state index in [1.165, 1.54) is 0 Å². The van der Waals surface area contributed by atoms with Gasteiger partial charge in [-0.25, -0.2) is 0 Å². The molecule has 1 aromatic heterocycles. The molecule has 1 fully saturated rings. The van der Waals surface area contributed by atoms with Crippen molar-refractivity contribution in [2.24, 2.45) is 0 Å². The number of para-hydroxylation sites is 1. The largest absolute Gasteiger partial charge is 0.353 e. The highest BCUT2D eigenvalue weighted by molar-refractivity contribution is 5.82. The predicted molar refractivity (Wildman–Crippen MR) is 74.6 cm³/mol. The van der Waals surface area contributed by atoms with Gasteiger partial charge in [0.15, 0.2) is 0 Å². The Balaban J connectivity index is 1.89. The van der Waals surface area contributed by atoms with Crippen LogP contribution in [0, 0.1) is 6.92 Å². The Bertz CT molecular complexity index is 607. The maximum atomic E-state index is 11.8. The summed E-state index contributed by atoms with van der Waals surface area (Å²) in [5.74, 6) is 1.64. The second-order valence-corrected chi connectivity index (χ2v) is 4.84. The van der Waals surface area contributed by atoms with Crippen LogP contribution in [0.15, 0.2) is 30.3 Å². The third kappa shape index (κ3) is 2.42. The number of carbonyl (C=O) groups excluding carboxylic acids is 1. The zero-order valence-corrected chi connectivity index (χ0v) is 11.3. The standard InChI is InChI=1S/C14H17N5O/c1-10-17-18-13(9-12-14(20)16-8-7-15-12)19(10)11-5-3-2-4-6-11/h2-6,12,15H,7-9H2,1H3,(H,16,20). The number of nitrogens with one attached hydrogen (secondary N) is 2. The molecule has 0 bridgehead atoms. The normalized spacial score (nSPS) is 18.9. The summed E-state index contributed by atoms with van der Waals surface area (Å²) in [5.41, 5.74) is 1.02. The summed E-state index contributed by atoms with van der Waals surface area (Å²) in [6, 6.07) is 9.70. The highest BCUT2D eigenvalue weighted by Crippen LogP contribution is 2.14. The molecule has 1 aromatic carbocycles. The molecule has 1 unspecified atom stereocenters. The minimum absolute atomic E-state index is 0.0246. The van der Waals surface area contributed by atoms with Crippen molar-refractivity contribution in [1.82, 2.24) is 25.4 Å². The molecule has 2 N–H and O–H groups in total. The molecule has 0 spiro atoms. The van der Waals surface area contributed by atoms with Gasteiger partial charge >= 0.3 is 0 Å². The van der Waals surface area contributed by atoms with Crippen LogP contribution in [0.3, 0.4) is 0 Å². The summed E-state index contributed by atoms with van der Waals surface area (Å²) < 4.78 is 1.99. The molecule has 6 heteroatoms. The van der Waals surface area contributed by atoms with Crippen molar-refractivity contribution in [1.29, 1.82) is 0 Å². The topological polar surface area (TPSA) is 71.8 Å². The second kappa shape index (κ2) is 5.42. The van der Waals surface area contributed by atoms with Crippen molar-refractivity contribution in [3.63, 3.8) is 0 Å². The van der Waals surface area contributed by atoms with E-state index >= 15 is 0 Å². The number of aromatic nitrogens is 3. The van der Waals surface area contributed by atoms with E-state index in [2.05, 4.69) is 20.8 Å². The number of aryl methyl sites for hydroxylation is 1. The molecule has 3 rings (SSSR count). The summed E-state index contributed by atoms with van der Waals surface area (Å²) in [6.45, 7) is 3.38. The maximum absolute atomic E-state index is 11.8. The molecule has 1 saturated heterocycles. The number of amides is 1. The van der Waals surface area contributed by atoms with Crippen LogP contribution < -0.4 is 10.6 Å². The molecule has 1 aliphatic rings. The molecule has 6 nitrogen and oxygen atoms in total. The zero-order chi connectivity index (χ0) is 13.9. The van der Waals surface area contributed by atoms with Crippen LogP contribution in [0.2, 0.25) is 0 Å². The Kier molecular flexibility index (Phi) is 3.47. The Morgan fingerprint density at radius 2 is 2.05 bits per heavy atom. The van der Waals surface area contributed by atoms with Crippen LogP contribution in [0.5, 0.6) is 0 Å². The fraction of sp³-hybridized carbons (Fsp3) is 0.357. The molecule has 1 atom stereocenters. The van der Waals surface area contributed by atoms with Crippen molar-refractivity contribution < 1.29 is 4.79 Å². The molecule has 1 amide bonds. The number of rotatable bonds is 3. The van der Waals surface area contributed by atoms with Gasteiger partial charge < -0.3 is 10.6 Å². The van der Waals surface area contributed by atoms with Gasteiger partial charge in [-0.15, -0.1) is 10.2 Å². The summed E-state index contributed by atoms with van der Waals surface area (Å²) in [5, 5.41) is 14.4. The lowest BCUT2D eigenvalue weighted by Crippen LogP contribution is -2.54. The van der Waals surface area contributed by atoms with Crippen molar-refractivity contribution in [2.75, 3.05) is 13.1 Å². The lowest BCUT2D eigenvalue weighted by atomic mass is 10.1. The Hall–Kier alpha value is -2.21. The average Bonchev–Trinajstić information content (AvgIpc) is 2.83. The number of hydrogen-bond donors (Lipinski definition) is 2. The minimum Gasteiger partial charge on any atom is -0.353 e. The predicted octanol–water partition coefficient (Wildman–Crippen LogP) is 0.206. The third-order valence-electron chi connectivity index (χ3n) is 3.42. The van der Waals surface area contributed by atoms with Gasteiger partial charge in [0, 0.05) is 25.2 Å². The lowest BCUT2D eigenvalue weighted by Gasteiger charge is -2.23. The fourth-order valence-electron chi connectivity index (χ4n) is 2.45. The van der Waals surface area contributed by atoms with Crippen LogP contribution in [-0.2, 0) is 11.2 Å². The van der Waals surface area contributed by atoms with E-state index < -0.39 is 0 Å². The van der Waals surface area contributed by atoms with Gasteiger partial charge in [0.05, 0.1) is 6.04 Å². The molecule has 20 heavy (non-hydrogen) atoms. The molecular weight excluding hydrogens is 254 g/mol. The van der Waals surface area contributed by atoms with E-state index in [0.29, 0.717) is 13.0 Å². The van der Waals surface area contributed by atoms with Crippen molar-refractivity contribution in [3.05, 3.63) is 42.0 Å². The second-order valence-electron chi connectivity index (χ2n) is 4.84. The van der Waals surface area contributed by atoms with E-state index in [-0.39, 0.29) is 11.9 Å². The van der Waals surface area contributed by atoms with E-state index in [1.807, 2.05) is 41.8 Å². The first-order valence-corrected chi connectivity index (χ1v) is 6.73. The van der Waals surface area contributed by atoms with E-state index in [0.717, 1.165) is 23.9 Å². The van der Waals surface area contributed by atoms with E-state index in [9.17, 15) is 4.79 Å². The summed E-state index contributed by atoms with van der Waals surface area (Å²) in [7, 11) is 0. The molecular formula is C14H17N5O. The van der Waals surface area contributed by atoms with Crippen LogP contribution >= 0.6 is 0 Å². The summed E-state index contributed by atoms with van der Waals surface area (Å²) in [6.07, 6.45) is 0.529. The maximum Gasteiger partial charge on any atom is 0.237 e. The average molecular weight is 271 g/mol. The first-order chi connectivity index (χ1) is 9.75. The summed E-state index contributed by atoms with van der Waals surface area (Å²) in [4.78, 5) is 11.8. The number of piperazine rings is 1. The molecule has 104 valence electrons. The first kappa shape index (κ1) is 12.8. The zero-order valence-electron chi connectivity index (χ0n) is 11.3. The van der Waals surface area contributed by atoms with Crippen molar-refractivity contribution in [3.8, 4) is 5.69 Å². The number of hydrogen-bond acceptors (Lipinski definition) is 4. The molecule has 2 heterocycles. The van der Waals surface area contributed by atoms with Gasteiger partial charge in [0.25, 0.3) is 0 Å². The number of carbonyl (C=O) groups is 1. The molecule has 0 saturated carbocycles. The van der Waals surface area contributed by atoms with Crippen molar-refractivity contribution in [2.45, 2.75) is 19.4 Å². The van der Waals surface area contributed by atoms with E-state index in [1.54, 1.807) is 0 Å². The number of benzene rings is 1. The molecule has 2 aromatic rings. The molecule has 0 radical (unpaired) electrons. The highest BCUT2D eigenvalue weighted by Gasteiger charge is 2.24. The monoisotopic (exact) mass is 271 g/mol. The van der Waals surface area contributed by atoms with Gasteiger partial charge in [-0.3, -0.25) is 9.36 Å².